The first-order valence-corrected chi connectivity index (χ1v) is 13.1. The maximum atomic E-state index is 12.6. The zero-order valence-corrected chi connectivity index (χ0v) is 21.6. The monoisotopic (exact) mass is 510 g/mol. The third-order valence-electron chi connectivity index (χ3n) is 6.55. The van der Waals surface area contributed by atoms with Gasteiger partial charge in [0.15, 0.2) is 0 Å². The number of carbonyl (C=O) groups excluding carboxylic acids is 1. The molecule has 5 rings (SSSR count). The summed E-state index contributed by atoms with van der Waals surface area (Å²) in [5, 5.41) is 8.51. The van der Waals surface area contributed by atoms with Crippen LogP contribution < -0.4 is 20.1 Å². The quantitative estimate of drug-likeness (QED) is 0.186. The van der Waals surface area contributed by atoms with Gasteiger partial charge in [0.2, 0.25) is 6.29 Å². The lowest BCUT2D eigenvalue weighted by molar-refractivity contribution is -0.000932. The molecular formula is C31H30N2O3S. The molecule has 2 unspecified atom stereocenters. The van der Waals surface area contributed by atoms with E-state index < -0.39 is 6.29 Å². The van der Waals surface area contributed by atoms with E-state index in [1.807, 2.05) is 60.7 Å². The van der Waals surface area contributed by atoms with Crippen molar-refractivity contribution < 1.29 is 14.3 Å². The second-order valence-corrected chi connectivity index (χ2v) is 9.59. The summed E-state index contributed by atoms with van der Waals surface area (Å²) in [4.78, 5) is 13.1. The number of fused-ring (bicyclic) bond motifs is 2. The molecule has 0 bridgehead atoms. The normalized spacial score (nSPS) is 14.9. The Morgan fingerprint density at radius 1 is 1.00 bits per heavy atom. The summed E-state index contributed by atoms with van der Waals surface area (Å²) in [5.41, 5.74) is 2.59. The summed E-state index contributed by atoms with van der Waals surface area (Å²) in [6.45, 7) is 2.78. The van der Waals surface area contributed by atoms with Crippen molar-refractivity contribution in [2.45, 2.75) is 38.4 Å². The van der Waals surface area contributed by atoms with Gasteiger partial charge in [-0.05, 0) is 41.6 Å². The highest BCUT2D eigenvalue weighted by molar-refractivity contribution is 7.80. The molecule has 1 heterocycles. The molecule has 1 amide bonds. The molecule has 37 heavy (non-hydrogen) atoms. The molecule has 188 valence electrons. The third-order valence-corrected chi connectivity index (χ3v) is 6.94. The molecule has 0 saturated carbocycles. The SMILES string of the molecule is CCCCC(Oc1ccc2c(c1)NCC2C(=S)NC(=O)c1ccccc1)Oc1cccc2ccccc12. The Morgan fingerprint density at radius 3 is 2.62 bits per heavy atom. The maximum Gasteiger partial charge on any atom is 0.256 e. The van der Waals surface area contributed by atoms with Crippen molar-refractivity contribution in [3.8, 4) is 11.5 Å². The zero-order chi connectivity index (χ0) is 25.6. The van der Waals surface area contributed by atoms with Gasteiger partial charge in [0.05, 0.1) is 10.9 Å². The number of unbranched alkanes of at least 4 members (excludes halogenated alkanes) is 1. The number of hydrogen-bond acceptors (Lipinski definition) is 5. The number of carbonyl (C=O) groups is 1. The van der Waals surface area contributed by atoms with E-state index in [0.29, 0.717) is 17.1 Å². The van der Waals surface area contributed by atoms with Crippen LogP contribution in [0.3, 0.4) is 0 Å². The highest BCUT2D eigenvalue weighted by Gasteiger charge is 2.28. The minimum Gasteiger partial charge on any atom is -0.455 e. The van der Waals surface area contributed by atoms with Gasteiger partial charge in [-0.3, -0.25) is 4.79 Å². The summed E-state index contributed by atoms with van der Waals surface area (Å²) in [7, 11) is 0. The average Bonchev–Trinajstić information content (AvgIpc) is 3.36. The molecule has 0 aromatic heterocycles. The number of thiocarbonyl (C=S) groups is 1. The fraction of sp³-hybridized carbons (Fsp3) is 0.226. The van der Waals surface area contributed by atoms with Crippen LogP contribution in [0.4, 0.5) is 5.69 Å². The number of hydrogen-bond donors (Lipinski definition) is 2. The molecule has 1 aliphatic rings. The number of benzene rings is 4. The molecule has 4 aromatic carbocycles. The Balaban J connectivity index is 1.29. The lowest BCUT2D eigenvalue weighted by atomic mass is 10.0. The van der Waals surface area contributed by atoms with Gasteiger partial charge in [-0.25, -0.2) is 0 Å². The van der Waals surface area contributed by atoms with Crippen molar-refractivity contribution in [2.75, 3.05) is 11.9 Å². The molecule has 0 fully saturated rings. The largest absolute Gasteiger partial charge is 0.455 e. The Morgan fingerprint density at radius 2 is 1.78 bits per heavy atom. The predicted octanol–water partition coefficient (Wildman–Crippen LogP) is 7.08. The second kappa shape index (κ2) is 11.4. The van der Waals surface area contributed by atoms with Crippen molar-refractivity contribution in [1.29, 1.82) is 0 Å². The van der Waals surface area contributed by atoms with Gasteiger partial charge in [0.25, 0.3) is 5.91 Å². The summed E-state index contributed by atoms with van der Waals surface area (Å²) in [6.07, 6.45) is 2.42. The van der Waals surface area contributed by atoms with Crippen molar-refractivity contribution in [3.63, 3.8) is 0 Å². The summed E-state index contributed by atoms with van der Waals surface area (Å²) >= 11 is 5.61. The smallest absolute Gasteiger partial charge is 0.256 e. The highest BCUT2D eigenvalue weighted by atomic mass is 32.1. The van der Waals surface area contributed by atoms with Crippen LogP contribution in [0.2, 0.25) is 0 Å². The van der Waals surface area contributed by atoms with E-state index in [9.17, 15) is 4.79 Å². The van der Waals surface area contributed by atoms with Gasteiger partial charge in [0, 0.05) is 35.7 Å². The standard InChI is InChI=1S/C31H30N2O3S/c1-2-3-16-29(36-28-15-9-13-21-10-7-8-14-24(21)28)35-23-17-18-25-26(20-32-27(25)19-23)31(37)33-30(34)22-11-5-4-6-12-22/h4-15,17-19,26,29,32H,2-3,16,20H2,1H3,(H,33,34,37). The number of anilines is 1. The van der Waals surface area contributed by atoms with Crippen LogP contribution in [0.1, 0.15) is 48.0 Å². The number of nitrogens with one attached hydrogen (secondary N) is 2. The first-order chi connectivity index (χ1) is 18.1. The molecule has 0 saturated heterocycles. The van der Waals surface area contributed by atoms with Gasteiger partial charge in [-0.2, -0.15) is 0 Å². The van der Waals surface area contributed by atoms with Gasteiger partial charge >= 0.3 is 0 Å². The molecule has 4 aromatic rings. The number of ether oxygens (including phenoxy) is 2. The molecule has 0 spiro atoms. The van der Waals surface area contributed by atoms with E-state index in [1.54, 1.807) is 12.1 Å². The fourth-order valence-corrected chi connectivity index (χ4v) is 4.89. The molecule has 2 atom stereocenters. The van der Waals surface area contributed by atoms with Crippen LogP contribution in [0.25, 0.3) is 10.8 Å². The van der Waals surface area contributed by atoms with E-state index in [4.69, 9.17) is 21.7 Å². The Hall–Kier alpha value is -3.90. The van der Waals surface area contributed by atoms with Gasteiger partial charge in [0.1, 0.15) is 11.5 Å². The van der Waals surface area contributed by atoms with E-state index >= 15 is 0 Å². The fourth-order valence-electron chi connectivity index (χ4n) is 4.59. The molecule has 5 nitrogen and oxygen atoms in total. The van der Waals surface area contributed by atoms with Gasteiger partial charge < -0.3 is 20.1 Å². The summed E-state index contributed by atoms with van der Waals surface area (Å²) < 4.78 is 12.7. The van der Waals surface area contributed by atoms with Crippen molar-refractivity contribution in [1.82, 2.24) is 5.32 Å². The molecule has 1 aliphatic heterocycles. The Labute approximate surface area is 222 Å². The topological polar surface area (TPSA) is 59.6 Å². The minimum atomic E-state index is -0.410. The van der Waals surface area contributed by atoms with E-state index in [2.05, 4.69) is 35.8 Å². The zero-order valence-electron chi connectivity index (χ0n) is 20.8. The lowest BCUT2D eigenvalue weighted by Crippen LogP contribution is -2.34. The highest BCUT2D eigenvalue weighted by Crippen LogP contribution is 2.36. The molecule has 0 aliphatic carbocycles. The van der Waals surface area contributed by atoms with Crippen LogP contribution in [0.5, 0.6) is 11.5 Å². The van der Waals surface area contributed by atoms with Crippen molar-refractivity contribution >= 4 is 39.6 Å². The average molecular weight is 511 g/mol. The first kappa shape index (κ1) is 24.8. The van der Waals surface area contributed by atoms with Gasteiger partial charge in [-0.1, -0.05) is 86.2 Å². The van der Waals surface area contributed by atoms with Crippen LogP contribution >= 0.6 is 12.2 Å². The maximum absolute atomic E-state index is 12.6. The summed E-state index contributed by atoms with van der Waals surface area (Å²) in [6, 6.07) is 29.3. The number of amides is 1. The van der Waals surface area contributed by atoms with E-state index in [-0.39, 0.29) is 11.8 Å². The lowest BCUT2D eigenvalue weighted by Gasteiger charge is -2.22. The van der Waals surface area contributed by atoms with Crippen LogP contribution in [-0.4, -0.2) is 23.7 Å². The molecular weight excluding hydrogens is 480 g/mol. The Kier molecular flexibility index (Phi) is 7.66. The van der Waals surface area contributed by atoms with Crippen LogP contribution in [0.15, 0.2) is 91.0 Å². The summed E-state index contributed by atoms with van der Waals surface area (Å²) in [5.74, 6) is 1.27. The van der Waals surface area contributed by atoms with Crippen LogP contribution in [0, 0.1) is 0 Å². The van der Waals surface area contributed by atoms with Gasteiger partial charge in [-0.15, -0.1) is 0 Å². The Bertz CT molecular complexity index is 1400. The van der Waals surface area contributed by atoms with Crippen molar-refractivity contribution in [3.05, 3.63) is 102 Å². The van der Waals surface area contributed by atoms with E-state index in [0.717, 1.165) is 52.8 Å². The molecule has 2 N–H and O–H groups in total. The predicted molar refractivity (Wildman–Crippen MR) is 153 cm³/mol. The number of rotatable bonds is 9. The first-order valence-electron chi connectivity index (χ1n) is 12.7. The van der Waals surface area contributed by atoms with Crippen LogP contribution in [-0.2, 0) is 0 Å². The molecule has 0 radical (unpaired) electrons. The third kappa shape index (κ3) is 5.75. The second-order valence-electron chi connectivity index (χ2n) is 9.15. The minimum absolute atomic E-state index is 0.0884. The van der Waals surface area contributed by atoms with E-state index in [1.165, 1.54) is 0 Å². The van der Waals surface area contributed by atoms with Crippen molar-refractivity contribution in [2.24, 2.45) is 0 Å². The molecule has 6 heteroatoms.